The first-order chi connectivity index (χ1) is 12.1. The van der Waals surface area contributed by atoms with E-state index in [-0.39, 0.29) is 11.3 Å². The fourth-order valence-electron chi connectivity index (χ4n) is 2.08. The molecule has 2 aromatic rings. The van der Waals surface area contributed by atoms with Gasteiger partial charge in [0.1, 0.15) is 0 Å². The molecule has 5 nitrogen and oxygen atoms in total. The Balaban J connectivity index is 2.04. The Morgan fingerprint density at radius 3 is 2.27 bits per heavy atom. The van der Waals surface area contributed by atoms with Crippen LogP contribution in [0, 0.1) is 6.92 Å². The molecule has 26 heavy (non-hydrogen) atoms. The Labute approximate surface area is 148 Å². The molecule has 8 heteroatoms. The van der Waals surface area contributed by atoms with E-state index in [1.54, 1.807) is 24.3 Å². The van der Waals surface area contributed by atoms with Gasteiger partial charge in [-0.05, 0) is 44.2 Å². The SMILES string of the molecule is Cc1ccc(NC(=O)[C@@H](C)OC(=O)c2ccc(C(F)(F)F)cc2N)cc1. The lowest BCUT2D eigenvalue weighted by atomic mass is 10.1. The van der Waals surface area contributed by atoms with E-state index in [4.69, 9.17) is 10.5 Å². The molecule has 0 saturated heterocycles. The summed E-state index contributed by atoms with van der Waals surface area (Å²) < 4.78 is 42.9. The molecule has 0 aliphatic rings. The second-order valence-electron chi connectivity index (χ2n) is 5.70. The average molecular weight is 366 g/mol. The molecule has 2 aromatic carbocycles. The largest absolute Gasteiger partial charge is 0.449 e. The number of benzene rings is 2. The van der Waals surface area contributed by atoms with E-state index in [0.717, 1.165) is 17.7 Å². The quantitative estimate of drug-likeness (QED) is 0.637. The monoisotopic (exact) mass is 366 g/mol. The van der Waals surface area contributed by atoms with Gasteiger partial charge in [-0.25, -0.2) is 4.79 Å². The van der Waals surface area contributed by atoms with Gasteiger partial charge >= 0.3 is 12.1 Å². The third-order valence-corrected chi connectivity index (χ3v) is 3.57. The number of ether oxygens (including phenoxy) is 1. The Bertz CT molecular complexity index is 817. The summed E-state index contributed by atoms with van der Waals surface area (Å²) in [5.41, 5.74) is 5.45. The van der Waals surface area contributed by atoms with E-state index < -0.39 is 29.7 Å². The van der Waals surface area contributed by atoms with Crippen molar-refractivity contribution in [2.75, 3.05) is 11.1 Å². The number of hydrogen-bond donors (Lipinski definition) is 2. The van der Waals surface area contributed by atoms with Crippen molar-refractivity contribution in [3.05, 3.63) is 59.2 Å². The number of rotatable bonds is 4. The number of nitrogens with one attached hydrogen (secondary N) is 1. The number of nitrogen functional groups attached to an aromatic ring is 1. The van der Waals surface area contributed by atoms with Gasteiger partial charge < -0.3 is 15.8 Å². The minimum absolute atomic E-state index is 0.243. The van der Waals surface area contributed by atoms with Crippen molar-refractivity contribution in [1.82, 2.24) is 0 Å². The van der Waals surface area contributed by atoms with Crippen LogP contribution >= 0.6 is 0 Å². The van der Waals surface area contributed by atoms with E-state index in [2.05, 4.69) is 5.32 Å². The molecule has 0 unspecified atom stereocenters. The predicted molar refractivity (Wildman–Crippen MR) is 90.5 cm³/mol. The van der Waals surface area contributed by atoms with Gasteiger partial charge in [0.25, 0.3) is 5.91 Å². The second kappa shape index (κ2) is 7.47. The highest BCUT2D eigenvalue weighted by molar-refractivity contribution is 5.99. The Kier molecular flexibility index (Phi) is 5.54. The first-order valence-corrected chi connectivity index (χ1v) is 7.63. The van der Waals surface area contributed by atoms with Crippen molar-refractivity contribution >= 4 is 23.3 Å². The van der Waals surface area contributed by atoms with Crippen molar-refractivity contribution in [3.8, 4) is 0 Å². The summed E-state index contributed by atoms with van der Waals surface area (Å²) in [7, 11) is 0. The predicted octanol–water partition coefficient (Wildman–Crippen LogP) is 3.78. The first kappa shape index (κ1) is 19.3. The average Bonchev–Trinajstić information content (AvgIpc) is 2.55. The number of alkyl halides is 3. The number of amides is 1. The molecule has 0 aliphatic carbocycles. The highest BCUT2D eigenvalue weighted by Crippen LogP contribution is 2.31. The van der Waals surface area contributed by atoms with Gasteiger partial charge in [0.2, 0.25) is 0 Å². The lowest BCUT2D eigenvalue weighted by molar-refractivity contribution is -0.137. The molecule has 0 heterocycles. The lowest BCUT2D eigenvalue weighted by Gasteiger charge is -2.15. The van der Waals surface area contributed by atoms with Crippen molar-refractivity contribution in [2.45, 2.75) is 26.1 Å². The van der Waals surface area contributed by atoms with Crippen LogP contribution < -0.4 is 11.1 Å². The van der Waals surface area contributed by atoms with Gasteiger partial charge in [0.05, 0.1) is 11.1 Å². The summed E-state index contributed by atoms with van der Waals surface area (Å²) in [6, 6.07) is 9.28. The Morgan fingerprint density at radius 1 is 1.12 bits per heavy atom. The standard InChI is InChI=1S/C18H17F3N2O3/c1-10-3-6-13(7-4-10)23-16(24)11(2)26-17(25)14-8-5-12(9-15(14)22)18(19,20)21/h3-9,11H,22H2,1-2H3,(H,23,24)/t11-/m1/s1. The summed E-state index contributed by atoms with van der Waals surface area (Å²) >= 11 is 0. The van der Waals surface area contributed by atoms with E-state index in [1.807, 2.05) is 6.92 Å². The topological polar surface area (TPSA) is 81.4 Å². The van der Waals surface area contributed by atoms with E-state index >= 15 is 0 Å². The molecular weight excluding hydrogens is 349 g/mol. The van der Waals surface area contributed by atoms with Crippen LogP contribution in [0.5, 0.6) is 0 Å². The minimum atomic E-state index is -4.57. The lowest BCUT2D eigenvalue weighted by Crippen LogP contribution is -2.30. The zero-order chi connectivity index (χ0) is 19.5. The second-order valence-corrected chi connectivity index (χ2v) is 5.70. The maximum atomic E-state index is 12.6. The van der Waals surface area contributed by atoms with Gasteiger partial charge in [0, 0.05) is 11.4 Å². The Hall–Kier alpha value is -3.03. The molecule has 0 aromatic heterocycles. The zero-order valence-electron chi connectivity index (χ0n) is 14.1. The summed E-state index contributed by atoms with van der Waals surface area (Å²) in [5, 5.41) is 2.57. The van der Waals surface area contributed by atoms with Crippen LogP contribution in [0.1, 0.15) is 28.4 Å². The van der Waals surface area contributed by atoms with Gasteiger partial charge in [-0.2, -0.15) is 13.2 Å². The van der Waals surface area contributed by atoms with Crippen LogP contribution in [-0.4, -0.2) is 18.0 Å². The molecule has 1 atom stereocenters. The number of halogens is 3. The van der Waals surface area contributed by atoms with Crippen LogP contribution in [0.4, 0.5) is 24.5 Å². The third-order valence-electron chi connectivity index (χ3n) is 3.57. The number of hydrogen-bond acceptors (Lipinski definition) is 4. The highest BCUT2D eigenvalue weighted by Gasteiger charge is 2.31. The summed E-state index contributed by atoms with van der Waals surface area (Å²) in [4.78, 5) is 24.1. The normalized spacial score (nSPS) is 12.3. The summed E-state index contributed by atoms with van der Waals surface area (Å²) in [6.07, 6.45) is -5.73. The third kappa shape index (κ3) is 4.75. The number of esters is 1. The van der Waals surface area contributed by atoms with Crippen LogP contribution in [-0.2, 0) is 15.7 Å². The van der Waals surface area contributed by atoms with Crippen LogP contribution in [0.25, 0.3) is 0 Å². The van der Waals surface area contributed by atoms with Crippen molar-refractivity contribution in [1.29, 1.82) is 0 Å². The summed E-state index contributed by atoms with van der Waals surface area (Å²) in [6.45, 7) is 3.24. The fraction of sp³-hybridized carbons (Fsp3) is 0.222. The molecule has 0 radical (unpaired) electrons. The van der Waals surface area contributed by atoms with Crippen molar-refractivity contribution in [2.24, 2.45) is 0 Å². The number of anilines is 2. The van der Waals surface area contributed by atoms with Gasteiger partial charge in [-0.15, -0.1) is 0 Å². The van der Waals surface area contributed by atoms with E-state index in [9.17, 15) is 22.8 Å². The van der Waals surface area contributed by atoms with E-state index in [0.29, 0.717) is 11.8 Å². The molecule has 0 saturated carbocycles. The van der Waals surface area contributed by atoms with E-state index in [1.165, 1.54) is 6.92 Å². The first-order valence-electron chi connectivity index (χ1n) is 7.63. The minimum Gasteiger partial charge on any atom is -0.449 e. The molecule has 2 rings (SSSR count). The molecule has 0 aliphatic heterocycles. The van der Waals surface area contributed by atoms with Crippen LogP contribution in [0.2, 0.25) is 0 Å². The molecule has 0 spiro atoms. The fourth-order valence-corrected chi connectivity index (χ4v) is 2.08. The molecule has 1 amide bonds. The summed E-state index contributed by atoms with van der Waals surface area (Å²) in [5.74, 6) is -1.56. The molecule has 0 fully saturated rings. The molecular formula is C18H17F3N2O3. The maximum absolute atomic E-state index is 12.6. The van der Waals surface area contributed by atoms with Gasteiger partial charge in [0.15, 0.2) is 6.10 Å². The van der Waals surface area contributed by atoms with Gasteiger partial charge in [-0.3, -0.25) is 4.79 Å². The van der Waals surface area contributed by atoms with Crippen LogP contribution in [0.3, 0.4) is 0 Å². The molecule has 138 valence electrons. The highest BCUT2D eigenvalue weighted by atomic mass is 19.4. The Morgan fingerprint density at radius 2 is 1.73 bits per heavy atom. The number of carbonyl (C=O) groups is 2. The van der Waals surface area contributed by atoms with Crippen molar-refractivity contribution < 1.29 is 27.5 Å². The molecule has 0 bridgehead atoms. The number of carbonyl (C=O) groups excluding carboxylic acids is 2. The molecule has 3 N–H and O–H groups in total. The smallest absolute Gasteiger partial charge is 0.416 e. The van der Waals surface area contributed by atoms with Crippen LogP contribution in [0.15, 0.2) is 42.5 Å². The number of aryl methyl sites for hydroxylation is 1. The van der Waals surface area contributed by atoms with Gasteiger partial charge in [-0.1, -0.05) is 17.7 Å². The van der Waals surface area contributed by atoms with Crippen molar-refractivity contribution in [3.63, 3.8) is 0 Å². The zero-order valence-corrected chi connectivity index (χ0v) is 14.1. The maximum Gasteiger partial charge on any atom is 0.416 e. The number of nitrogens with two attached hydrogens (primary N) is 1.